The van der Waals surface area contributed by atoms with Gasteiger partial charge in [-0.25, -0.2) is 0 Å². The highest BCUT2D eigenvalue weighted by molar-refractivity contribution is 14.1. The fourth-order valence-corrected chi connectivity index (χ4v) is 3.93. The maximum Gasteiger partial charge on any atom is 0.315 e. The molecule has 1 aliphatic carbocycles. The summed E-state index contributed by atoms with van der Waals surface area (Å²) in [5.74, 6) is -0.996. The summed E-state index contributed by atoms with van der Waals surface area (Å²) >= 11 is 2.25. The Hall–Kier alpha value is -1.50. The number of allylic oxidation sites excluding steroid dienone is 2. The Morgan fingerprint density at radius 1 is 1.29 bits per heavy atom. The lowest BCUT2D eigenvalue weighted by molar-refractivity contribution is -0.146. The van der Waals surface area contributed by atoms with Gasteiger partial charge in [-0.05, 0) is 67.0 Å². The minimum atomic E-state index is -0.522. The number of carbonyl (C=O) groups is 2. The van der Waals surface area contributed by atoms with E-state index in [1.54, 1.807) is 6.92 Å². The molecule has 1 aliphatic heterocycles. The summed E-state index contributed by atoms with van der Waals surface area (Å²) in [6.45, 7) is 3.98. The zero-order valence-electron chi connectivity index (χ0n) is 13.8. The number of esters is 1. The Labute approximate surface area is 155 Å². The molecule has 0 fully saturated rings. The lowest BCUT2D eigenvalue weighted by atomic mass is 9.72. The van der Waals surface area contributed by atoms with Crippen LogP contribution in [-0.2, 0) is 14.3 Å². The Morgan fingerprint density at radius 2 is 2.00 bits per heavy atom. The fraction of sp³-hybridized carbons (Fsp3) is 0.421. The predicted molar refractivity (Wildman–Crippen MR) is 101 cm³/mol. The smallest absolute Gasteiger partial charge is 0.315 e. The summed E-state index contributed by atoms with van der Waals surface area (Å²) in [6.07, 6.45) is 2.16. The molecule has 3 rings (SSSR count). The monoisotopic (exact) mass is 437 g/mol. The van der Waals surface area contributed by atoms with E-state index in [0.717, 1.165) is 33.4 Å². The van der Waals surface area contributed by atoms with Crippen molar-refractivity contribution < 1.29 is 14.3 Å². The largest absolute Gasteiger partial charge is 0.465 e. The van der Waals surface area contributed by atoms with Crippen molar-refractivity contribution in [1.29, 1.82) is 0 Å². The van der Waals surface area contributed by atoms with Gasteiger partial charge < -0.3 is 4.74 Å². The van der Waals surface area contributed by atoms with Crippen molar-refractivity contribution in [3.05, 3.63) is 44.7 Å². The first-order valence-electron chi connectivity index (χ1n) is 8.26. The van der Waals surface area contributed by atoms with Crippen LogP contribution in [0.25, 0.3) is 0 Å². The Kier molecular flexibility index (Phi) is 5.18. The lowest BCUT2D eigenvalue weighted by Gasteiger charge is -2.34. The van der Waals surface area contributed by atoms with Gasteiger partial charge in [-0.1, -0.05) is 12.1 Å². The van der Waals surface area contributed by atoms with Gasteiger partial charge in [0.05, 0.1) is 6.61 Å². The van der Waals surface area contributed by atoms with Crippen molar-refractivity contribution in [3.63, 3.8) is 0 Å². The highest BCUT2D eigenvalue weighted by Crippen LogP contribution is 2.43. The third kappa shape index (κ3) is 3.18. The van der Waals surface area contributed by atoms with Gasteiger partial charge in [-0.3, -0.25) is 14.6 Å². The molecule has 0 amide bonds. The van der Waals surface area contributed by atoms with Crippen molar-refractivity contribution >= 4 is 40.1 Å². The number of halogens is 1. The first-order valence-corrected chi connectivity index (χ1v) is 9.34. The molecule has 2 aliphatic rings. The van der Waals surface area contributed by atoms with Crippen molar-refractivity contribution in [2.24, 2.45) is 10.9 Å². The molecule has 0 radical (unpaired) electrons. The highest BCUT2D eigenvalue weighted by atomic mass is 127. The van der Waals surface area contributed by atoms with Gasteiger partial charge in [0.15, 0.2) is 5.78 Å². The van der Waals surface area contributed by atoms with Crippen LogP contribution in [0.5, 0.6) is 0 Å². The summed E-state index contributed by atoms with van der Waals surface area (Å²) in [5.41, 5.74) is 3.29. The lowest BCUT2D eigenvalue weighted by Crippen LogP contribution is -2.37. The van der Waals surface area contributed by atoms with Crippen molar-refractivity contribution in [2.45, 2.75) is 39.0 Å². The van der Waals surface area contributed by atoms with E-state index in [1.165, 1.54) is 0 Å². The second kappa shape index (κ2) is 7.17. The quantitative estimate of drug-likeness (QED) is 0.530. The molecule has 2 atom stereocenters. The van der Waals surface area contributed by atoms with Crippen LogP contribution in [0.4, 0.5) is 0 Å². The average molecular weight is 437 g/mol. The second-order valence-electron chi connectivity index (χ2n) is 6.15. The van der Waals surface area contributed by atoms with E-state index >= 15 is 0 Å². The van der Waals surface area contributed by atoms with Crippen LogP contribution in [0.1, 0.15) is 44.6 Å². The molecular weight excluding hydrogens is 417 g/mol. The third-order valence-electron chi connectivity index (χ3n) is 4.60. The Morgan fingerprint density at radius 3 is 2.67 bits per heavy atom. The van der Waals surface area contributed by atoms with E-state index in [-0.39, 0.29) is 17.7 Å². The molecule has 1 aromatic rings. The average Bonchev–Trinajstić information content (AvgIpc) is 2.55. The van der Waals surface area contributed by atoms with E-state index in [2.05, 4.69) is 27.6 Å². The fourth-order valence-electron chi connectivity index (χ4n) is 3.57. The van der Waals surface area contributed by atoms with E-state index < -0.39 is 5.92 Å². The second-order valence-corrected chi connectivity index (χ2v) is 7.39. The molecule has 1 heterocycles. The molecule has 1 aromatic carbocycles. The van der Waals surface area contributed by atoms with E-state index in [0.29, 0.717) is 18.6 Å². The number of ketones is 1. The molecule has 0 saturated heterocycles. The number of carbonyl (C=O) groups excluding carboxylic acids is 2. The van der Waals surface area contributed by atoms with Gasteiger partial charge in [0.2, 0.25) is 0 Å². The summed E-state index contributed by atoms with van der Waals surface area (Å²) in [7, 11) is 0. The van der Waals surface area contributed by atoms with Crippen LogP contribution in [-0.4, -0.2) is 24.1 Å². The molecule has 126 valence electrons. The zero-order chi connectivity index (χ0) is 17.3. The number of ether oxygens (including phenoxy) is 1. The van der Waals surface area contributed by atoms with Crippen molar-refractivity contribution in [2.75, 3.05) is 6.61 Å². The molecule has 1 unspecified atom stereocenters. The molecular formula is C19H20INO3. The van der Waals surface area contributed by atoms with Crippen LogP contribution < -0.4 is 0 Å². The predicted octanol–water partition coefficient (Wildman–Crippen LogP) is 4.04. The van der Waals surface area contributed by atoms with Crippen molar-refractivity contribution in [1.82, 2.24) is 0 Å². The molecule has 24 heavy (non-hydrogen) atoms. The molecule has 4 nitrogen and oxygen atoms in total. The minimum absolute atomic E-state index is 0.116. The van der Waals surface area contributed by atoms with Gasteiger partial charge in [0.25, 0.3) is 0 Å². The third-order valence-corrected chi connectivity index (χ3v) is 5.32. The Bertz CT molecular complexity index is 733. The van der Waals surface area contributed by atoms with Gasteiger partial charge in [-0.15, -0.1) is 0 Å². The van der Waals surface area contributed by atoms with Crippen LogP contribution in [0, 0.1) is 9.49 Å². The van der Waals surface area contributed by atoms with Crippen molar-refractivity contribution in [3.8, 4) is 0 Å². The molecule has 0 N–H and O–H groups in total. The van der Waals surface area contributed by atoms with Gasteiger partial charge in [0, 0.05) is 32.9 Å². The SMILES string of the molecule is CCOC(=O)C1C(C)=NC2=C(C(=O)CCC2)[C@@H]1c1ccc(I)cc1. The van der Waals surface area contributed by atoms with Gasteiger partial charge in [0.1, 0.15) is 5.92 Å². The van der Waals surface area contributed by atoms with Crippen LogP contribution in [0.3, 0.4) is 0 Å². The summed E-state index contributed by atoms with van der Waals surface area (Å²) in [5, 5.41) is 0. The molecule has 5 heteroatoms. The maximum absolute atomic E-state index is 12.6. The first-order chi connectivity index (χ1) is 11.5. The summed E-state index contributed by atoms with van der Waals surface area (Å²) in [6, 6.07) is 8.02. The van der Waals surface area contributed by atoms with Crippen LogP contribution >= 0.6 is 22.6 Å². The zero-order valence-corrected chi connectivity index (χ0v) is 16.0. The van der Waals surface area contributed by atoms with Crippen LogP contribution in [0.15, 0.2) is 40.5 Å². The highest BCUT2D eigenvalue weighted by Gasteiger charge is 2.42. The van der Waals surface area contributed by atoms with E-state index in [9.17, 15) is 9.59 Å². The molecule has 0 aromatic heterocycles. The summed E-state index contributed by atoms with van der Waals surface area (Å²) < 4.78 is 6.41. The van der Waals surface area contributed by atoms with Gasteiger partial charge in [-0.2, -0.15) is 0 Å². The van der Waals surface area contributed by atoms with E-state index in [1.807, 2.05) is 31.2 Å². The number of rotatable bonds is 3. The normalized spacial score (nSPS) is 23.6. The number of aliphatic imine (C=N–C) groups is 1. The number of nitrogens with zero attached hydrogens (tertiary/aromatic N) is 1. The van der Waals surface area contributed by atoms with Gasteiger partial charge >= 0.3 is 5.97 Å². The molecule has 0 bridgehead atoms. The number of Topliss-reactive ketones (excluding diaryl/α,β-unsaturated/α-hetero) is 1. The molecule has 0 spiro atoms. The first kappa shape index (κ1) is 17.3. The van der Waals surface area contributed by atoms with E-state index in [4.69, 9.17) is 4.74 Å². The number of hydrogen-bond donors (Lipinski definition) is 0. The maximum atomic E-state index is 12.6. The number of hydrogen-bond acceptors (Lipinski definition) is 4. The Balaban J connectivity index is 2.13. The number of benzene rings is 1. The van der Waals surface area contributed by atoms with Crippen LogP contribution in [0.2, 0.25) is 0 Å². The minimum Gasteiger partial charge on any atom is -0.465 e. The molecule has 0 saturated carbocycles. The topological polar surface area (TPSA) is 55.7 Å². The standard InChI is InChI=1S/C19H20INO3/c1-3-24-19(23)16-11(2)21-14-5-4-6-15(22)18(14)17(16)12-7-9-13(20)10-8-12/h7-10,16-17H,3-6H2,1-2H3/t16?,17-/m1/s1. The summed E-state index contributed by atoms with van der Waals surface area (Å²) in [4.78, 5) is 29.8.